The van der Waals surface area contributed by atoms with Crippen LogP contribution in [0.1, 0.15) is 33.5 Å². The molecule has 0 radical (unpaired) electrons. The lowest BCUT2D eigenvalue weighted by atomic mass is 10.2. The number of carbonyl (C=O) groups is 1. The van der Waals surface area contributed by atoms with Gasteiger partial charge in [0.05, 0.1) is 0 Å². The molecule has 1 rings (SSSR count). The monoisotopic (exact) mass is 268 g/mol. The normalized spacial score (nSPS) is 13.1. The Morgan fingerprint density at radius 3 is 2.84 bits per heavy atom. The highest BCUT2D eigenvalue weighted by Crippen LogP contribution is 2.06. The molecule has 1 amide bonds. The molecule has 0 aliphatic heterocycles. The summed E-state index contributed by atoms with van der Waals surface area (Å²) in [6.07, 6.45) is 3.86. The van der Waals surface area contributed by atoms with Crippen LogP contribution in [0.3, 0.4) is 0 Å². The maximum absolute atomic E-state index is 11.5. The van der Waals surface area contributed by atoms with Gasteiger partial charge >= 0.3 is 6.09 Å². The lowest BCUT2D eigenvalue weighted by Gasteiger charge is -2.20. The van der Waals surface area contributed by atoms with Gasteiger partial charge in [0.1, 0.15) is 11.4 Å². The van der Waals surface area contributed by atoms with Crippen LogP contribution in [0, 0.1) is 0 Å². The second-order valence-corrected chi connectivity index (χ2v) is 5.48. The Morgan fingerprint density at radius 2 is 2.26 bits per heavy atom. The third kappa shape index (κ3) is 5.74. The average molecular weight is 268 g/mol. The van der Waals surface area contributed by atoms with Gasteiger partial charge in [-0.1, -0.05) is 0 Å². The lowest BCUT2D eigenvalue weighted by molar-refractivity contribution is 0.0524. The lowest BCUT2D eigenvalue weighted by Crippen LogP contribution is -2.41. The summed E-state index contributed by atoms with van der Waals surface area (Å²) in [4.78, 5) is 15.7. The molecule has 1 heterocycles. The Morgan fingerprint density at radius 1 is 1.58 bits per heavy atom. The van der Waals surface area contributed by atoms with Gasteiger partial charge < -0.3 is 20.4 Å². The van der Waals surface area contributed by atoms with Crippen LogP contribution >= 0.6 is 0 Å². The summed E-state index contributed by atoms with van der Waals surface area (Å²) in [5.74, 6) is 0.931. The second-order valence-electron chi connectivity index (χ2n) is 5.48. The molecule has 108 valence electrons. The number of carbonyl (C=O) groups excluding carboxylic acids is 1. The highest BCUT2D eigenvalue weighted by atomic mass is 16.6. The molecule has 0 fully saturated rings. The van der Waals surface area contributed by atoms with Crippen LogP contribution in [0.5, 0.6) is 0 Å². The molecule has 0 aliphatic carbocycles. The molecule has 0 saturated heterocycles. The molecular formula is C13H24N4O2. The fraction of sp³-hybridized carbons (Fsp3) is 0.692. The molecule has 0 saturated carbocycles. The van der Waals surface area contributed by atoms with E-state index in [1.54, 1.807) is 6.20 Å². The van der Waals surface area contributed by atoms with Crippen molar-refractivity contribution in [3.8, 4) is 0 Å². The van der Waals surface area contributed by atoms with E-state index in [0.717, 1.165) is 12.4 Å². The minimum atomic E-state index is -0.493. The summed E-state index contributed by atoms with van der Waals surface area (Å²) in [5.41, 5.74) is 5.48. The van der Waals surface area contributed by atoms with Crippen molar-refractivity contribution >= 4 is 6.09 Å². The van der Waals surface area contributed by atoms with Gasteiger partial charge in [0.2, 0.25) is 0 Å². The second kappa shape index (κ2) is 6.56. The first kappa shape index (κ1) is 15.5. The van der Waals surface area contributed by atoms with Crippen molar-refractivity contribution in [1.82, 2.24) is 14.9 Å². The van der Waals surface area contributed by atoms with Gasteiger partial charge in [0.25, 0.3) is 0 Å². The minimum absolute atomic E-state index is 0.180. The smallest absolute Gasteiger partial charge is 0.407 e. The predicted molar refractivity (Wildman–Crippen MR) is 73.8 cm³/mol. The van der Waals surface area contributed by atoms with Crippen LogP contribution in [0.25, 0.3) is 0 Å². The molecule has 1 aromatic heterocycles. The number of nitrogens with zero attached hydrogens (tertiary/aromatic N) is 2. The van der Waals surface area contributed by atoms with Gasteiger partial charge in [0, 0.05) is 37.9 Å². The fourth-order valence-corrected chi connectivity index (χ4v) is 1.65. The van der Waals surface area contributed by atoms with E-state index in [4.69, 9.17) is 10.5 Å². The maximum Gasteiger partial charge on any atom is 0.407 e. The maximum atomic E-state index is 11.5. The van der Waals surface area contributed by atoms with E-state index in [9.17, 15) is 4.79 Å². The standard InChI is InChI=1S/C13H24N4O2/c1-5-17-7-6-15-11(17)8-10(14)9-16-12(18)19-13(2,3)4/h6-7,10H,5,8-9,14H2,1-4H3,(H,16,18). The van der Waals surface area contributed by atoms with E-state index >= 15 is 0 Å². The number of alkyl carbamates (subject to hydrolysis) is 1. The number of amides is 1. The van der Waals surface area contributed by atoms with Crippen LogP contribution in [-0.2, 0) is 17.7 Å². The number of hydrogen-bond acceptors (Lipinski definition) is 4. The van der Waals surface area contributed by atoms with E-state index in [1.165, 1.54) is 0 Å². The van der Waals surface area contributed by atoms with Crippen LogP contribution in [0.2, 0.25) is 0 Å². The zero-order chi connectivity index (χ0) is 14.5. The number of aryl methyl sites for hydroxylation is 1. The van der Waals surface area contributed by atoms with Crippen molar-refractivity contribution in [2.45, 2.75) is 52.3 Å². The van der Waals surface area contributed by atoms with E-state index in [1.807, 2.05) is 31.5 Å². The summed E-state index contributed by atoms with van der Waals surface area (Å²) in [7, 11) is 0. The third-order valence-corrected chi connectivity index (χ3v) is 2.49. The zero-order valence-electron chi connectivity index (χ0n) is 12.1. The molecule has 0 spiro atoms. The number of rotatable bonds is 5. The van der Waals surface area contributed by atoms with E-state index in [0.29, 0.717) is 13.0 Å². The van der Waals surface area contributed by atoms with Crippen LogP contribution in [0.15, 0.2) is 12.4 Å². The number of nitrogens with two attached hydrogens (primary N) is 1. The molecule has 0 aromatic carbocycles. The van der Waals surface area contributed by atoms with Crippen LogP contribution in [-0.4, -0.2) is 33.8 Å². The highest BCUT2D eigenvalue weighted by Gasteiger charge is 2.17. The quantitative estimate of drug-likeness (QED) is 0.843. The highest BCUT2D eigenvalue weighted by molar-refractivity contribution is 5.67. The first-order valence-corrected chi connectivity index (χ1v) is 6.54. The first-order chi connectivity index (χ1) is 8.81. The molecule has 0 aliphatic rings. The van der Waals surface area contributed by atoms with E-state index in [2.05, 4.69) is 17.2 Å². The third-order valence-electron chi connectivity index (χ3n) is 2.49. The molecule has 1 atom stereocenters. The molecule has 0 bridgehead atoms. The summed E-state index contributed by atoms with van der Waals surface area (Å²) >= 11 is 0. The number of hydrogen-bond donors (Lipinski definition) is 2. The van der Waals surface area contributed by atoms with Crippen LogP contribution < -0.4 is 11.1 Å². The number of nitrogens with one attached hydrogen (secondary N) is 1. The Kier molecular flexibility index (Phi) is 5.35. The van der Waals surface area contributed by atoms with E-state index in [-0.39, 0.29) is 6.04 Å². The average Bonchev–Trinajstić information content (AvgIpc) is 2.71. The van der Waals surface area contributed by atoms with Crippen molar-refractivity contribution in [3.05, 3.63) is 18.2 Å². The number of imidazole rings is 1. The van der Waals surface area contributed by atoms with Crippen molar-refractivity contribution < 1.29 is 9.53 Å². The van der Waals surface area contributed by atoms with Gasteiger partial charge in [-0.05, 0) is 27.7 Å². The van der Waals surface area contributed by atoms with Crippen molar-refractivity contribution in [1.29, 1.82) is 0 Å². The van der Waals surface area contributed by atoms with Crippen molar-refractivity contribution in [2.75, 3.05) is 6.54 Å². The SMILES string of the molecule is CCn1ccnc1CC(N)CNC(=O)OC(C)(C)C. The van der Waals surface area contributed by atoms with E-state index < -0.39 is 11.7 Å². The van der Waals surface area contributed by atoms with Crippen LogP contribution in [0.4, 0.5) is 4.79 Å². The van der Waals surface area contributed by atoms with Gasteiger partial charge in [-0.3, -0.25) is 0 Å². The first-order valence-electron chi connectivity index (χ1n) is 6.54. The predicted octanol–water partition coefficient (Wildman–Crippen LogP) is 1.30. The fourth-order valence-electron chi connectivity index (χ4n) is 1.65. The van der Waals surface area contributed by atoms with Gasteiger partial charge in [0.15, 0.2) is 0 Å². The summed E-state index contributed by atoms with van der Waals surface area (Å²) < 4.78 is 7.18. The number of aromatic nitrogens is 2. The topological polar surface area (TPSA) is 82.2 Å². The Balaban J connectivity index is 2.36. The molecule has 19 heavy (non-hydrogen) atoms. The molecule has 6 nitrogen and oxygen atoms in total. The Bertz CT molecular complexity index is 409. The van der Waals surface area contributed by atoms with Gasteiger partial charge in [-0.25, -0.2) is 9.78 Å². The van der Waals surface area contributed by atoms with Gasteiger partial charge in [-0.2, -0.15) is 0 Å². The van der Waals surface area contributed by atoms with Crippen molar-refractivity contribution in [2.24, 2.45) is 5.73 Å². The molecule has 1 aromatic rings. The minimum Gasteiger partial charge on any atom is -0.444 e. The molecular weight excluding hydrogens is 244 g/mol. The van der Waals surface area contributed by atoms with Gasteiger partial charge in [-0.15, -0.1) is 0 Å². The molecule has 6 heteroatoms. The summed E-state index contributed by atoms with van der Waals surface area (Å²) in [6.45, 7) is 8.75. The Labute approximate surface area is 114 Å². The largest absolute Gasteiger partial charge is 0.444 e. The molecule has 1 unspecified atom stereocenters. The molecule has 3 N–H and O–H groups in total. The summed E-state index contributed by atoms with van der Waals surface area (Å²) in [6, 6.07) is -0.180. The summed E-state index contributed by atoms with van der Waals surface area (Å²) in [5, 5.41) is 2.67. The Hall–Kier alpha value is -1.56. The van der Waals surface area contributed by atoms with Crippen molar-refractivity contribution in [3.63, 3.8) is 0 Å². The zero-order valence-corrected chi connectivity index (χ0v) is 12.1. The number of ether oxygens (including phenoxy) is 1.